The number of methoxy groups -OCH3 is 1. The zero-order chi connectivity index (χ0) is 25.9. The van der Waals surface area contributed by atoms with Crippen molar-refractivity contribution in [1.82, 2.24) is 10.3 Å². The second kappa shape index (κ2) is 10.2. The van der Waals surface area contributed by atoms with Crippen molar-refractivity contribution in [3.63, 3.8) is 0 Å². The summed E-state index contributed by atoms with van der Waals surface area (Å²) in [4.78, 5) is 31.3. The number of rotatable bonds is 7. The van der Waals surface area contributed by atoms with Crippen LogP contribution < -0.4 is 20.3 Å². The second-order valence-electron chi connectivity index (χ2n) is 8.19. The number of benzene rings is 2. The van der Waals surface area contributed by atoms with E-state index in [1.165, 1.54) is 36.3 Å². The summed E-state index contributed by atoms with van der Waals surface area (Å²) in [5.41, 5.74) is 2.07. The van der Waals surface area contributed by atoms with Crippen LogP contribution in [0.1, 0.15) is 18.5 Å². The van der Waals surface area contributed by atoms with Crippen molar-refractivity contribution >= 4 is 23.4 Å². The van der Waals surface area contributed by atoms with E-state index in [2.05, 4.69) is 20.4 Å². The summed E-state index contributed by atoms with van der Waals surface area (Å²) in [7, 11) is 1.46. The number of hydrogen-bond donors (Lipinski definition) is 3. The molecular weight excluding hydrogens is 474 g/mol. The van der Waals surface area contributed by atoms with Crippen LogP contribution in [0.15, 0.2) is 60.7 Å². The molecule has 0 radical (unpaired) electrons. The van der Waals surface area contributed by atoms with E-state index in [4.69, 9.17) is 4.74 Å². The lowest BCUT2D eigenvalue weighted by Crippen LogP contribution is -2.49. The number of phenols is 1. The Morgan fingerprint density at radius 1 is 1.22 bits per heavy atom. The fourth-order valence-electron chi connectivity index (χ4n) is 3.74. The van der Waals surface area contributed by atoms with E-state index in [9.17, 15) is 23.5 Å². The van der Waals surface area contributed by atoms with Gasteiger partial charge in [-0.3, -0.25) is 9.69 Å². The Morgan fingerprint density at radius 3 is 2.64 bits per heavy atom. The summed E-state index contributed by atoms with van der Waals surface area (Å²) in [6.07, 6.45) is -3.33. The van der Waals surface area contributed by atoms with Crippen LogP contribution in [0.2, 0.25) is 0 Å². The van der Waals surface area contributed by atoms with E-state index in [1.54, 1.807) is 36.4 Å². The van der Waals surface area contributed by atoms with Crippen molar-refractivity contribution in [2.24, 2.45) is 0 Å². The number of anilines is 2. The standard InChI is InChI=1S/C25H24F2N4O5/c1-25(26,27)36-18-8-6-15(7-9-18)21(14-35-2)30-24(34)31-13-22(33)28-20-11-10-19(29-23(20)31)16-4-3-5-17(32)12-16/h3-12,21,32H,13-14H2,1-2H3,(H,28,33)(H,30,34). The fourth-order valence-corrected chi connectivity index (χ4v) is 3.74. The molecule has 1 aromatic heterocycles. The number of hydrogen-bond acceptors (Lipinski definition) is 6. The lowest BCUT2D eigenvalue weighted by atomic mass is 10.1. The largest absolute Gasteiger partial charge is 0.508 e. The minimum Gasteiger partial charge on any atom is -0.508 e. The number of nitrogens with zero attached hydrogens (tertiary/aromatic N) is 2. The third kappa shape index (κ3) is 5.87. The number of phenolic OH excluding ortho intramolecular Hbond substituents is 1. The minimum absolute atomic E-state index is 0.0287. The van der Waals surface area contributed by atoms with Crippen LogP contribution in [0.4, 0.5) is 25.1 Å². The Morgan fingerprint density at radius 2 is 1.97 bits per heavy atom. The molecule has 1 atom stereocenters. The van der Waals surface area contributed by atoms with E-state index in [1.807, 2.05) is 0 Å². The third-order valence-electron chi connectivity index (χ3n) is 5.30. The highest BCUT2D eigenvalue weighted by molar-refractivity contribution is 6.08. The molecule has 3 N–H and O–H groups in total. The van der Waals surface area contributed by atoms with Crippen LogP contribution in [0.5, 0.6) is 11.5 Å². The molecule has 1 aliphatic rings. The van der Waals surface area contributed by atoms with Crippen LogP contribution in [-0.2, 0) is 9.53 Å². The maximum atomic E-state index is 13.3. The summed E-state index contributed by atoms with van der Waals surface area (Å²) in [5.74, 6) is -0.122. The van der Waals surface area contributed by atoms with Gasteiger partial charge in [0.1, 0.15) is 18.0 Å². The van der Waals surface area contributed by atoms with Crippen molar-refractivity contribution in [3.8, 4) is 22.8 Å². The lowest BCUT2D eigenvalue weighted by Gasteiger charge is -2.30. The normalized spacial score (nSPS) is 14.0. The van der Waals surface area contributed by atoms with Crippen molar-refractivity contribution in [2.75, 3.05) is 30.5 Å². The number of nitrogens with one attached hydrogen (secondary N) is 2. The van der Waals surface area contributed by atoms with E-state index < -0.39 is 24.1 Å². The maximum Gasteiger partial charge on any atom is 0.394 e. The molecule has 0 fully saturated rings. The molecular formula is C25H24F2N4O5. The first-order valence-corrected chi connectivity index (χ1v) is 11.0. The van der Waals surface area contributed by atoms with Crippen LogP contribution in [0, 0.1) is 0 Å². The molecule has 0 spiro atoms. The molecule has 0 saturated heterocycles. The SMILES string of the molecule is COCC(NC(=O)N1CC(=O)Nc2ccc(-c3cccc(O)c3)nc21)c1ccc(OC(C)(F)F)cc1. The number of urea groups is 1. The van der Waals surface area contributed by atoms with Gasteiger partial charge in [0.2, 0.25) is 5.91 Å². The predicted molar refractivity (Wildman–Crippen MR) is 128 cm³/mol. The highest BCUT2D eigenvalue weighted by Crippen LogP contribution is 2.32. The molecule has 36 heavy (non-hydrogen) atoms. The molecule has 0 saturated carbocycles. The van der Waals surface area contributed by atoms with Crippen LogP contribution in [0.25, 0.3) is 11.3 Å². The van der Waals surface area contributed by atoms with Gasteiger partial charge in [-0.2, -0.15) is 8.78 Å². The zero-order valence-corrected chi connectivity index (χ0v) is 19.5. The number of amides is 3. The lowest BCUT2D eigenvalue weighted by molar-refractivity contribution is -0.158. The Balaban J connectivity index is 1.59. The Kier molecular flexibility index (Phi) is 7.02. The summed E-state index contributed by atoms with van der Waals surface area (Å²) >= 11 is 0. The van der Waals surface area contributed by atoms with Crippen LogP contribution >= 0.6 is 0 Å². The van der Waals surface area contributed by atoms with Crippen molar-refractivity contribution < 1.29 is 33.0 Å². The highest BCUT2D eigenvalue weighted by atomic mass is 19.3. The quantitative estimate of drug-likeness (QED) is 0.448. The van der Waals surface area contributed by atoms with Gasteiger partial charge >= 0.3 is 12.1 Å². The first-order valence-electron chi connectivity index (χ1n) is 11.0. The summed E-state index contributed by atoms with van der Waals surface area (Å²) < 4.78 is 36.0. The van der Waals surface area contributed by atoms with E-state index in [-0.39, 0.29) is 30.5 Å². The van der Waals surface area contributed by atoms with Crippen molar-refractivity contribution in [3.05, 3.63) is 66.2 Å². The Labute approximate surface area is 205 Å². The monoisotopic (exact) mass is 498 g/mol. The maximum absolute atomic E-state index is 13.3. The second-order valence-corrected chi connectivity index (χ2v) is 8.19. The van der Waals surface area contributed by atoms with Crippen LogP contribution in [0.3, 0.4) is 0 Å². The van der Waals surface area contributed by atoms with Gasteiger partial charge in [-0.1, -0.05) is 24.3 Å². The molecule has 1 unspecified atom stereocenters. The van der Waals surface area contributed by atoms with Gasteiger partial charge in [-0.25, -0.2) is 9.78 Å². The van der Waals surface area contributed by atoms with Gasteiger partial charge in [0.05, 0.1) is 24.0 Å². The number of alkyl halides is 2. The topological polar surface area (TPSA) is 113 Å². The average molecular weight is 498 g/mol. The number of pyridine rings is 1. The van der Waals surface area contributed by atoms with Gasteiger partial charge in [-0.05, 0) is 42.0 Å². The Hall–Kier alpha value is -4.25. The molecule has 4 rings (SSSR count). The minimum atomic E-state index is -3.33. The van der Waals surface area contributed by atoms with Crippen LogP contribution in [-0.4, -0.2) is 48.4 Å². The average Bonchev–Trinajstić information content (AvgIpc) is 2.82. The van der Waals surface area contributed by atoms with Gasteiger partial charge in [-0.15, -0.1) is 0 Å². The molecule has 2 heterocycles. The first kappa shape index (κ1) is 24.9. The number of halogens is 2. The molecule has 3 aromatic rings. The molecule has 188 valence electrons. The zero-order valence-electron chi connectivity index (χ0n) is 19.5. The predicted octanol–water partition coefficient (Wildman–Crippen LogP) is 4.30. The molecule has 3 amide bonds. The Bertz CT molecular complexity index is 1260. The molecule has 0 aliphatic carbocycles. The first-order chi connectivity index (χ1) is 17.1. The highest BCUT2D eigenvalue weighted by Gasteiger charge is 2.30. The molecule has 2 aromatic carbocycles. The number of carbonyl (C=O) groups is 2. The van der Waals surface area contributed by atoms with Gasteiger partial charge < -0.3 is 25.2 Å². The number of ether oxygens (including phenoxy) is 2. The summed E-state index contributed by atoms with van der Waals surface area (Å²) in [5, 5.41) is 15.3. The molecule has 11 heteroatoms. The van der Waals surface area contributed by atoms with E-state index in [0.717, 1.165) is 0 Å². The smallest absolute Gasteiger partial charge is 0.394 e. The summed E-state index contributed by atoms with van der Waals surface area (Å²) in [6.45, 7) is 0.453. The van der Waals surface area contributed by atoms with E-state index in [0.29, 0.717) is 29.4 Å². The van der Waals surface area contributed by atoms with Crippen molar-refractivity contribution in [2.45, 2.75) is 19.1 Å². The molecule has 9 nitrogen and oxygen atoms in total. The number of aromatic nitrogens is 1. The summed E-state index contributed by atoms with van der Waals surface area (Å²) in [6, 6.07) is 14.4. The third-order valence-corrected chi connectivity index (χ3v) is 5.30. The van der Waals surface area contributed by atoms with Gasteiger partial charge in [0.25, 0.3) is 0 Å². The fraction of sp³-hybridized carbons (Fsp3) is 0.240. The van der Waals surface area contributed by atoms with Crippen molar-refractivity contribution in [1.29, 1.82) is 0 Å². The number of fused-ring (bicyclic) bond motifs is 1. The molecule has 1 aliphatic heterocycles. The van der Waals surface area contributed by atoms with Gasteiger partial charge in [0, 0.05) is 19.6 Å². The molecule has 0 bridgehead atoms. The number of carbonyl (C=O) groups excluding carboxylic acids is 2. The van der Waals surface area contributed by atoms with Gasteiger partial charge in [0.15, 0.2) is 5.82 Å². The number of aromatic hydroxyl groups is 1. The van der Waals surface area contributed by atoms with E-state index >= 15 is 0 Å².